The summed E-state index contributed by atoms with van der Waals surface area (Å²) in [4.78, 5) is 0. The maximum atomic E-state index is 2.63. The van der Waals surface area contributed by atoms with Crippen LogP contribution < -0.4 is 0 Å². The van der Waals surface area contributed by atoms with Gasteiger partial charge in [-0.25, -0.2) is 0 Å². The second-order valence-corrected chi connectivity index (χ2v) is 7.14. The quantitative estimate of drug-likeness (QED) is 0.737. The van der Waals surface area contributed by atoms with Gasteiger partial charge in [0.05, 0.1) is 0 Å². The summed E-state index contributed by atoms with van der Waals surface area (Å²) in [5, 5.41) is 0. The van der Waals surface area contributed by atoms with E-state index in [0.717, 1.165) is 0 Å². The smallest absolute Gasteiger partial charge is 0.147 e. The van der Waals surface area contributed by atoms with Crippen LogP contribution in [0, 0.1) is 37.5 Å². The van der Waals surface area contributed by atoms with E-state index in [4.69, 9.17) is 0 Å². The molecule has 0 amide bonds. The first-order valence-corrected chi connectivity index (χ1v) is 7.41. The summed E-state index contributed by atoms with van der Waals surface area (Å²) in [6, 6.07) is 0. The molecule has 0 fully saturated rings. The van der Waals surface area contributed by atoms with Crippen molar-refractivity contribution in [1.29, 1.82) is 0 Å². The zero-order valence-corrected chi connectivity index (χ0v) is 12.7. The third-order valence-corrected chi connectivity index (χ3v) is 7.68. The maximum Gasteiger partial charge on any atom is -0.147 e. The van der Waals surface area contributed by atoms with Crippen LogP contribution in [0.4, 0.5) is 0 Å². The fraction of sp³-hybridized carbons (Fsp3) is 1.00. The van der Waals surface area contributed by atoms with Gasteiger partial charge in [-0.15, -0.1) is 12.4 Å². The Hall–Kier alpha value is 1.56. The van der Waals surface area contributed by atoms with Gasteiger partial charge in [0.2, 0.25) is 0 Å². The van der Waals surface area contributed by atoms with E-state index in [9.17, 15) is 0 Å². The maximum absolute atomic E-state index is 2.63. The topological polar surface area (TPSA) is 6.48 Å². The molecule has 0 aromatic heterocycles. The molecule has 0 heterocycles. The monoisotopic (exact) mass is 322 g/mol. The zero-order chi connectivity index (χ0) is 8.69. The third-order valence-electron chi connectivity index (χ3n) is 1.81. The molecular weight excluding hydrogens is 304 g/mol. The first-order valence-electron chi connectivity index (χ1n) is 4.54. The molecule has 0 saturated heterocycles. The minimum atomic E-state index is -0.582. The van der Waals surface area contributed by atoms with E-state index in [-0.39, 0.29) is 12.4 Å². The molecule has 0 aliphatic rings. The molecule has 0 aliphatic heterocycles. The first kappa shape index (κ1) is 16.0. The van der Waals surface area contributed by atoms with Crippen LogP contribution in [0.25, 0.3) is 0 Å². The molecule has 4 heteroatoms. The van der Waals surface area contributed by atoms with Crippen LogP contribution in [-0.4, -0.2) is 28.1 Å². The van der Waals surface area contributed by atoms with Crippen LogP contribution in [0.5, 0.6) is 0 Å². The van der Waals surface area contributed by atoms with Gasteiger partial charge in [0.1, 0.15) is 0 Å². The second kappa shape index (κ2) is 10.6. The number of rotatable bonds is 6. The second-order valence-electron chi connectivity index (χ2n) is 2.44. The van der Waals surface area contributed by atoms with E-state index >= 15 is 0 Å². The molecule has 12 heavy (non-hydrogen) atoms. The van der Waals surface area contributed by atoms with Gasteiger partial charge in [0, 0.05) is 0 Å². The molecule has 0 bridgehead atoms. The Balaban J connectivity index is 0. The molecule has 0 atom stereocenters. The summed E-state index contributed by atoms with van der Waals surface area (Å²) in [6.45, 7) is 14.0. The van der Waals surface area contributed by atoms with E-state index in [1.807, 2.05) is 0 Å². The van der Waals surface area contributed by atoms with Crippen molar-refractivity contribution in [3.05, 3.63) is 0 Å². The number of halogens is 1. The summed E-state index contributed by atoms with van der Waals surface area (Å²) in [5.41, 5.74) is 0. The fourth-order valence-electron chi connectivity index (χ4n) is 0.930. The van der Waals surface area contributed by atoms with E-state index in [1.54, 1.807) is 0 Å². The largest absolute Gasteiger partial charge is 0.147 e. The Morgan fingerprint density at radius 3 is 1.17 bits per heavy atom. The zero-order valence-electron chi connectivity index (χ0n) is 8.63. The summed E-state index contributed by atoms with van der Waals surface area (Å²) in [5.74, 6) is 0. The molecule has 0 radical (unpaired) electrons. The van der Waals surface area contributed by atoms with Crippen molar-refractivity contribution in [2.45, 2.75) is 27.7 Å². The Morgan fingerprint density at radius 1 is 0.750 bits per heavy atom. The molecular formula is C8H21ClN2Nd. The predicted molar refractivity (Wildman–Crippen MR) is 53.1 cm³/mol. The molecule has 0 saturated carbocycles. The minimum Gasteiger partial charge on any atom is -0.147 e. The van der Waals surface area contributed by atoms with Gasteiger partial charge in [0.15, 0.2) is 0 Å². The molecule has 0 aromatic carbocycles. The average molecular weight is 325 g/mol. The van der Waals surface area contributed by atoms with Crippen LogP contribution in [0.15, 0.2) is 0 Å². The summed E-state index contributed by atoms with van der Waals surface area (Å²) in [7, 11) is 0. The number of hydrogen-bond donors (Lipinski definition) is 0. The molecule has 0 rings (SSSR count). The van der Waals surface area contributed by atoms with Gasteiger partial charge in [-0.1, -0.05) is 0 Å². The van der Waals surface area contributed by atoms with Crippen LogP contribution in [-0.2, 0) is 0 Å². The first-order chi connectivity index (χ1) is 5.28. The van der Waals surface area contributed by atoms with Crippen molar-refractivity contribution < 1.29 is 37.5 Å². The molecule has 0 aromatic rings. The van der Waals surface area contributed by atoms with Crippen LogP contribution in [0.3, 0.4) is 0 Å². The fourth-order valence-corrected chi connectivity index (χ4v) is 4.03. The standard InChI is InChI=1S/2C4H10N.ClH.Nd/c2*1-3-5-4-2;;/h2*3-4H2,1-2H3;1H;/q2*-1;;+2. The van der Waals surface area contributed by atoms with E-state index in [0.29, 0.717) is 0 Å². The van der Waals surface area contributed by atoms with Gasteiger partial charge >= 0.3 is 93.3 Å². The SMILES string of the molecule is CC[N](CC)[Nd][N](CC)CC.Cl. The van der Waals surface area contributed by atoms with Crippen LogP contribution in [0.1, 0.15) is 27.7 Å². The Bertz CT molecular complexity index is 75.1. The van der Waals surface area contributed by atoms with Crippen LogP contribution >= 0.6 is 12.4 Å². The third kappa shape index (κ3) is 7.01. The minimum absolute atomic E-state index is 0. The van der Waals surface area contributed by atoms with Crippen molar-refractivity contribution in [2.75, 3.05) is 26.2 Å². The Morgan fingerprint density at radius 2 is 1.00 bits per heavy atom. The molecule has 0 aliphatic carbocycles. The summed E-state index contributed by atoms with van der Waals surface area (Å²) < 4.78 is 5.26. The van der Waals surface area contributed by atoms with Crippen molar-refractivity contribution in [1.82, 2.24) is 1.97 Å². The van der Waals surface area contributed by atoms with Crippen molar-refractivity contribution in [3.8, 4) is 0 Å². The molecule has 0 N–H and O–H groups in total. The van der Waals surface area contributed by atoms with Gasteiger partial charge in [-0.2, -0.15) is 0 Å². The van der Waals surface area contributed by atoms with E-state index in [1.165, 1.54) is 26.2 Å². The van der Waals surface area contributed by atoms with Gasteiger partial charge < -0.3 is 0 Å². The van der Waals surface area contributed by atoms with E-state index in [2.05, 4.69) is 29.7 Å². The van der Waals surface area contributed by atoms with Crippen molar-refractivity contribution in [3.63, 3.8) is 0 Å². The van der Waals surface area contributed by atoms with Gasteiger partial charge in [-0.05, 0) is 0 Å². The summed E-state index contributed by atoms with van der Waals surface area (Å²) >= 11 is -0.582. The normalized spacial score (nSPS) is 10.2. The molecule has 74 valence electrons. The summed E-state index contributed by atoms with van der Waals surface area (Å²) in [6.07, 6.45) is 0. The number of hydrogen-bond acceptors (Lipinski definition) is 2. The van der Waals surface area contributed by atoms with Gasteiger partial charge in [0.25, 0.3) is 0 Å². The molecule has 0 unspecified atom stereocenters. The Labute approximate surface area is 105 Å². The average Bonchev–Trinajstić information content (AvgIpc) is 2.07. The molecule has 0 spiro atoms. The van der Waals surface area contributed by atoms with E-state index < -0.39 is 37.5 Å². The Kier molecular flexibility index (Phi) is 14.2. The predicted octanol–water partition coefficient (Wildman–Crippen LogP) is 2.01. The van der Waals surface area contributed by atoms with Crippen molar-refractivity contribution in [2.24, 2.45) is 0 Å². The van der Waals surface area contributed by atoms with Gasteiger partial charge in [-0.3, -0.25) is 0 Å². The number of nitrogens with zero attached hydrogens (tertiary/aromatic N) is 2. The molecule has 2 nitrogen and oxygen atoms in total. The van der Waals surface area contributed by atoms with Crippen LogP contribution in [0.2, 0.25) is 0 Å². The van der Waals surface area contributed by atoms with Crippen molar-refractivity contribution >= 4 is 12.4 Å².